The van der Waals surface area contributed by atoms with Crippen molar-refractivity contribution in [3.63, 3.8) is 0 Å². The van der Waals surface area contributed by atoms with Gasteiger partial charge >= 0.3 is 5.97 Å². The number of nitrogens with zero attached hydrogens (tertiary/aromatic N) is 1. The van der Waals surface area contributed by atoms with Crippen LogP contribution in [0.4, 0.5) is 5.69 Å². The number of thiocarbonyl (C=S) groups is 1. The van der Waals surface area contributed by atoms with Crippen LogP contribution in [0.15, 0.2) is 29.4 Å². The number of esters is 1. The highest BCUT2D eigenvalue weighted by molar-refractivity contribution is 7.80. The minimum Gasteiger partial charge on any atom is -0.466 e. The maximum Gasteiger partial charge on any atom is 0.312 e. The van der Waals surface area contributed by atoms with Crippen LogP contribution in [0.2, 0.25) is 0 Å². The van der Waals surface area contributed by atoms with E-state index in [1.807, 2.05) is 6.92 Å². The summed E-state index contributed by atoms with van der Waals surface area (Å²) in [5.74, 6) is 1.06. The van der Waals surface area contributed by atoms with Crippen LogP contribution >= 0.6 is 12.2 Å². The van der Waals surface area contributed by atoms with Gasteiger partial charge in [0.25, 0.3) is 0 Å². The average Bonchev–Trinajstić information content (AvgIpc) is 3.06. The van der Waals surface area contributed by atoms with Gasteiger partial charge in [-0.25, -0.2) is 0 Å². The maximum absolute atomic E-state index is 13.2. The fourth-order valence-electron chi connectivity index (χ4n) is 9.57. The molecule has 4 aliphatic rings. The van der Waals surface area contributed by atoms with E-state index < -0.39 is 0 Å². The van der Waals surface area contributed by atoms with E-state index in [2.05, 4.69) is 76.6 Å². The Hall–Kier alpha value is -1.95. The Kier molecular flexibility index (Phi) is 7.22. The number of rotatable bonds is 4. The molecule has 4 saturated carbocycles. The number of benzene rings is 1. The van der Waals surface area contributed by atoms with Gasteiger partial charge in [0.05, 0.1) is 12.0 Å². The molecule has 5 nitrogen and oxygen atoms in total. The second-order valence-electron chi connectivity index (χ2n) is 14.9. The maximum atomic E-state index is 13.2. The molecule has 0 unspecified atom stereocenters. The van der Waals surface area contributed by atoms with E-state index in [9.17, 15) is 4.79 Å². The second kappa shape index (κ2) is 9.85. The molecule has 0 amide bonds. The summed E-state index contributed by atoms with van der Waals surface area (Å²) in [6.45, 7) is 16.2. The monoisotopic (exact) mass is 551 g/mol. The molecule has 5 rings (SSSR count). The number of carbonyl (C=O) groups excluding carboxylic acids is 1. The van der Waals surface area contributed by atoms with Gasteiger partial charge in [-0.2, -0.15) is 5.10 Å². The lowest BCUT2D eigenvalue weighted by atomic mass is 9.40. The molecule has 39 heavy (non-hydrogen) atoms. The van der Waals surface area contributed by atoms with Gasteiger partial charge in [-0.3, -0.25) is 10.2 Å². The Morgan fingerprint density at radius 2 is 1.74 bits per heavy atom. The number of nitrogens with one attached hydrogen (secondary N) is 2. The smallest absolute Gasteiger partial charge is 0.312 e. The van der Waals surface area contributed by atoms with Crippen LogP contribution in [0.25, 0.3) is 0 Å². The Morgan fingerprint density at radius 1 is 1.05 bits per heavy atom. The van der Waals surface area contributed by atoms with Crippen molar-refractivity contribution >= 4 is 34.7 Å². The van der Waals surface area contributed by atoms with Crippen molar-refractivity contribution in [3.8, 4) is 0 Å². The van der Waals surface area contributed by atoms with E-state index in [4.69, 9.17) is 22.1 Å². The van der Waals surface area contributed by atoms with Crippen molar-refractivity contribution in [2.75, 3.05) is 11.9 Å². The summed E-state index contributed by atoms with van der Waals surface area (Å²) in [4.78, 5) is 13.2. The molecule has 4 fully saturated rings. The third-order valence-corrected chi connectivity index (χ3v) is 11.6. The molecule has 0 radical (unpaired) electrons. The topological polar surface area (TPSA) is 62.7 Å². The lowest BCUT2D eigenvalue weighted by Gasteiger charge is -2.64. The minimum absolute atomic E-state index is 0.0319. The number of carbonyl (C=O) groups is 1. The van der Waals surface area contributed by atoms with Gasteiger partial charge < -0.3 is 10.1 Å². The van der Waals surface area contributed by atoms with E-state index >= 15 is 0 Å². The fourth-order valence-corrected chi connectivity index (χ4v) is 9.74. The molecule has 1 spiro atoms. The molecule has 0 aromatic heterocycles. The van der Waals surface area contributed by atoms with Crippen LogP contribution in [-0.2, 0) is 14.9 Å². The van der Waals surface area contributed by atoms with Crippen molar-refractivity contribution in [1.82, 2.24) is 5.43 Å². The van der Waals surface area contributed by atoms with Crippen molar-refractivity contribution < 1.29 is 9.53 Å². The molecule has 2 bridgehead atoms. The zero-order valence-corrected chi connectivity index (χ0v) is 26.0. The zero-order valence-electron chi connectivity index (χ0n) is 25.2. The summed E-state index contributed by atoms with van der Waals surface area (Å²) in [5, 5.41) is 8.83. The predicted molar refractivity (Wildman–Crippen MR) is 164 cm³/mol. The van der Waals surface area contributed by atoms with Crippen molar-refractivity contribution in [2.24, 2.45) is 38.6 Å². The molecule has 0 aliphatic heterocycles. The van der Waals surface area contributed by atoms with E-state index in [1.54, 1.807) is 0 Å². The van der Waals surface area contributed by atoms with Crippen LogP contribution in [-0.4, -0.2) is 23.4 Å². The van der Waals surface area contributed by atoms with Crippen LogP contribution < -0.4 is 10.7 Å². The SMILES string of the molecule is CCOC(=O)[C@]1(C)CCC[C@@]2(C)[C@@H]3CC[C@@]4(C)C[C@]3(CC[C@@H]21)C/C4=N\NC(=S)Nc1ccc(C(C)(C)C)cc1. The van der Waals surface area contributed by atoms with Gasteiger partial charge in [-0.15, -0.1) is 0 Å². The molecule has 0 saturated heterocycles. The van der Waals surface area contributed by atoms with Gasteiger partial charge in [0.1, 0.15) is 0 Å². The van der Waals surface area contributed by atoms with Crippen LogP contribution in [0.1, 0.15) is 112 Å². The largest absolute Gasteiger partial charge is 0.466 e. The summed E-state index contributed by atoms with van der Waals surface area (Å²) >= 11 is 5.64. The molecule has 6 atom stereocenters. The Bertz CT molecular complexity index is 1160. The molecular weight excluding hydrogens is 502 g/mol. The summed E-state index contributed by atoms with van der Waals surface area (Å²) in [7, 11) is 0. The highest BCUT2D eigenvalue weighted by Crippen LogP contribution is 2.73. The first-order valence-corrected chi connectivity index (χ1v) is 15.6. The molecule has 1 aromatic carbocycles. The lowest BCUT2D eigenvalue weighted by molar-refractivity contribution is -0.187. The summed E-state index contributed by atoms with van der Waals surface area (Å²) < 4.78 is 5.64. The van der Waals surface area contributed by atoms with Gasteiger partial charge in [-0.05, 0) is 123 Å². The second-order valence-corrected chi connectivity index (χ2v) is 15.3. The molecule has 4 aliphatic carbocycles. The van der Waals surface area contributed by atoms with Crippen molar-refractivity contribution in [1.29, 1.82) is 0 Å². The van der Waals surface area contributed by atoms with Crippen molar-refractivity contribution in [3.05, 3.63) is 29.8 Å². The summed E-state index contributed by atoms with van der Waals surface area (Å²) in [6, 6.07) is 8.49. The Labute approximate surface area is 241 Å². The number of anilines is 1. The highest BCUT2D eigenvalue weighted by Gasteiger charge is 2.67. The van der Waals surface area contributed by atoms with E-state index in [1.165, 1.54) is 37.0 Å². The molecule has 6 heteroatoms. The molecule has 0 heterocycles. The van der Waals surface area contributed by atoms with E-state index in [-0.39, 0.29) is 33.0 Å². The van der Waals surface area contributed by atoms with Gasteiger partial charge in [0.2, 0.25) is 0 Å². The molecule has 214 valence electrons. The lowest BCUT2D eigenvalue weighted by Crippen LogP contribution is -2.58. The van der Waals surface area contributed by atoms with Gasteiger partial charge in [0, 0.05) is 16.8 Å². The third-order valence-electron chi connectivity index (χ3n) is 11.4. The average molecular weight is 552 g/mol. The number of ether oxygens (including phenoxy) is 1. The van der Waals surface area contributed by atoms with E-state index in [0.717, 1.165) is 37.8 Å². The van der Waals surface area contributed by atoms with Crippen LogP contribution in [0.5, 0.6) is 0 Å². The Balaban J connectivity index is 1.31. The summed E-state index contributed by atoms with van der Waals surface area (Å²) in [6.07, 6.45) is 10.2. The fraction of sp³-hybridized carbons (Fsp3) is 0.727. The first-order chi connectivity index (χ1) is 18.3. The normalized spacial score (nSPS) is 38.5. The molecule has 1 aromatic rings. The zero-order chi connectivity index (χ0) is 28.3. The third kappa shape index (κ3) is 4.83. The highest BCUT2D eigenvalue weighted by atomic mass is 32.1. The first-order valence-electron chi connectivity index (χ1n) is 15.2. The van der Waals surface area contributed by atoms with Crippen molar-refractivity contribution in [2.45, 2.75) is 112 Å². The van der Waals surface area contributed by atoms with Gasteiger partial charge in [0.15, 0.2) is 5.11 Å². The quantitative estimate of drug-likeness (QED) is 0.226. The standard InChI is InChI=1S/C33H49N3O2S/c1-8-38-27(37)32(7)17-9-16-31(6)24(32)15-19-33-20-26(30(5,21-33)18-14-25(31)33)35-36-28(39)34-23-12-10-22(11-13-23)29(2,3)4/h10-13,24-25H,8-9,14-21H2,1-7H3,(H2,34,36,39)/b35-26+/t24-,25-,30-,31+,32+,33-/m0/s1. The number of hydrazone groups is 1. The number of hydrogen-bond donors (Lipinski definition) is 2. The molecule has 2 N–H and O–H groups in total. The number of hydrogen-bond acceptors (Lipinski definition) is 4. The summed E-state index contributed by atoms with van der Waals surface area (Å²) in [5.41, 5.74) is 7.11. The van der Waals surface area contributed by atoms with Crippen LogP contribution in [0.3, 0.4) is 0 Å². The first kappa shape index (κ1) is 28.6. The molecular formula is C33H49N3O2S. The van der Waals surface area contributed by atoms with Gasteiger partial charge in [-0.1, -0.05) is 53.2 Å². The Morgan fingerprint density at radius 3 is 2.41 bits per heavy atom. The minimum atomic E-state index is -0.356. The van der Waals surface area contributed by atoms with E-state index in [0.29, 0.717) is 23.6 Å². The predicted octanol–water partition coefficient (Wildman–Crippen LogP) is 7.99. The number of fused-ring (bicyclic) bond motifs is 3. The van der Waals surface area contributed by atoms with Crippen LogP contribution in [0, 0.1) is 33.5 Å².